The van der Waals surface area contributed by atoms with E-state index in [0.717, 1.165) is 75.3 Å². The molecule has 1 aromatic heterocycles. The van der Waals surface area contributed by atoms with Crippen molar-refractivity contribution in [3.05, 3.63) is 23.8 Å². The lowest BCUT2D eigenvalue weighted by molar-refractivity contribution is -0.0387. The Morgan fingerprint density at radius 2 is 2.07 bits per heavy atom. The van der Waals surface area contributed by atoms with Crippen molar-refractivity contribution in [1.82, 2.24) is 14.5 Å². The molecule has 1 spiro atoms. The topological polar surface area (TPSA) is 70.8 Å². The first-order valence-electron chi connectivity index (χ1n) is 10.4. The summed E-state index contributed by atoms with van der Waals surface area (Å²) in [6.45, 7) is 3.80. The number of carbonyl (C=O) groups excluding carboxylic acids is 1. The summed E-state index contributed by atoms with van der Waals surface area (Å²) in [6, 6.07) is 5.80. The fraction of sp³-hybridized carbons (Fsp3) is 0.619. The molecule has 3 aliphatic rings. The zero-order valence-corrected chi connectivity index (χ0v) is 16.4. The summed E-state index contributed by atoms with van der Waals surface area (Å²) in [7, 11) is 1.99. The molecule has 28 heavy (non-hydrogen) atoms. The molecule has 4 heterocycles. The number of hydrogen-bond donors (Lipinski definition) is 1. The number of benzene rings is 1. The SMILES string of the molecule is Cn1c(N2CC[C@H](O)C2)nc2cc(C(=O)N3CCC4(CCCO4)CC3)ccc21. The van der Waals surface area contributed by atoms with Crippen LogP contribution < -0.4 is 4.90 Å². The van der Waals surface area contributed by atoms with Gasteiger partial charge in [0.05, 0.1) is 22.7 Å². The number of carbonyl (C=O) groups is 1. The van der Waals surface area contributed by atoms with Crippen LogP contribution in [0.2, 0.25) is 0 Å². The lowest BCUT2D eigenvalue weighted by Crippen LogP contribution is -2.46. The first kappa shape index (κ1) is 17.9. The van der Waals surface area contributed by atoms with Crippen molar-refractivity contribution < 1.29 is 14.6 Å². The summed E-state index contributed by atoms with van der Waals surface area (Å²) in [4.78, 5) is 21.9. The highest BCUT2D eigenvalue weighted by molar-refractivity contribution is 5.97. The molecular formula is C21H28N4O3. The van der Waals surface area contributed by atoms with Crippen LogP contribution in [0.4, 0.5) is 5.95 Å². The smallest absolute Gasteiger partial charge is 0.253 e. The van der Waals surface area contributed by atoms with Gasteiger partial charge in [0.1, 0.15) is 0 Å². The van der Waals surface area contributed by atoms with E-state index in [1.165, 1.54) is 0 Å². The number of piperidine rings is 1. The minimum Gasteiger partial charge on any atom is -0.391 e. The minimum atomic E-state index is -0.289. The molecule has 0 saturated carbocycles. The van der Waals surface area contributed by atoms with Crippen molar-refractivity contribution in [2.75, 3.05) is 37.7 Å². The van der Waals surface area contributed by atoms with Crippen molar-refractivity contribution >= 4 is 22.9 Å². The number of hydrogen-bond acceptors (Lipinski definition) is 5. The van der Waals surface area contributed by atoms with Gasteiger partial charge in [0.2, 0.25) is 5.95 Å². The summed E-state index contributed by atoms with van der Waals surface area (Å²) < 4.78 is 8.02. The number of amides is 1. The maximum absolute atomic E-state index is 13.0. The highest BCUT2D eigenvalue weighted by Gasteiger charge is 2.39. The highest BCUT2D eigenvalue weighted by atomic mass is 16.5. The third-order valence-electron chi connectivity index (χ3n) is 6.70. The number of aromatic nitrogens is 2. The Balaban J connectivity index is 1.35. The molecule has 1 atom stereocenters. The van der Waals surface area contributed by atoms with Gasteiger partial charge in [-0.1, -0.05) is 0 Å². The van der Waals surface area contributed by atoms with Crippen molar-refractivity contribution in [1.29, 1.82) is 0 Å². The van der Waals surface area contributed by atoms with E-state index in [2.05, 4.69) is 4.90 Å². The molecule has 0 unspecified atom stereocenters. The normalized spacial score (nSPS) is 24.6. The second kappa shape index (κ2) is 6.74. The maximum atomic E-state index is 13.0. The molecule has 150 valence electrons. The Kier molecular flexibility index (Phi) is 4.32. The van der Waals surface area contributed by atoms with E-state index in [0.29, 0.717) is 12.1 Å². The Hall–Kier alpha value is -2.12. The van der Waals surface area contributed by atoms with Gasteiger partial charge in [-0.3, -0.25) is 4.79 Å². The van der Waals surface area contributed by atoms with E-state index in [1.807, 2.05) is 34.7 Å². The van der Waals surface area contributed by atoms with Gasteiger partial charge in [0.25, 0.3) is 5.91 Å². The molecule has 1 amide bonds. The number of fused-ring (bicyclic) bond motifs is 1. The molecule has 0 bridgehead atoms. The van der Waals surface area contributed by atoms with Gasteiger partial charge in [-0.15, -0.1) is 0 Å². The number of anilines is 1. The Labute approximate surface area is 164 Å². The summed E-state index contributed by atoms with van der Waals surface area (Å²) in [5.74, 6) is 0.938. The van der Waals surface area contributed by atoms with Crippen molar-refractivity contribution in [2.45, 2.75) is 43.8 Å². The molecule has 1 aromatic carbocycles. The predicted octanol–water partition coefficient (Wildman–Crippen LogP) is 1.93. The van der Waals surface area contributed by atoms with Crippen molar-refractivity contribution in [3.8, 4) is 0 Å². The second-order valence-electron chi connectivity index (χ2n) is 8.49. The maximum Gasteiger partial charge on any atom is 0.253 e. The fourth-order valence-corrected chi connectivity index (χ4v) is 4.98. The largest absolute Gasteiger partial charge is 0.391 e. The van der Waals surface area contributed by atoms with E-state index >= 15 is 0 Å². The van der Waals surface area contributed by atoms with Crippen LogP contribution >= 0.6 is 0 Å². The Morgan fingerprint density at radius 1 is 1.25 bits per heavy atom. The van der Waals surface area contributed by atoms with Crippen molar-refractivity contribution in [3.63, 3.8) is 0 Å². The lowest BCUT2D eigenvalue weighted by Gasteiger charge is -2.38. The number of ether oxygens (including phenoxy) is 1. The van der Waals surface area contributed by atoms with E-state index in [-0.39, 0.29) is 17.6 Å². The molecular weight excluding hydrogens is 356 g/mol. The van der Waals surface area contributed by atoms with Gasteiger partial charge in [0.15, 0.2) is 0 Å². The van der Waals surface area contributed by atoms with E-state index in [9.17, 15) is 9.90 Å². The molecule has 3 aliphatic heterocycles. The second-order valence-corrected chi connectivity index (χ2v) is 8.49. The first-order valence-corrected chi connectivity index (χ1v) is 10.4. The standard InChI is InChI=1S/C21H28N4O3/c1-23-18-4-3-15(13-17(18)22-20(23)25-9-5-16(26)14-25)19(27)24-10-7-21(8-11-24)6-2-12-28-21/h3-4,13,16,26H,2,5-12,14H2,1H3/t16-/m0/s1. The average molecular weight is 384 g/mol. The average Bonchev–Trinajstić information content (AvgIpc) is 3.42. The number of nitrogens with zero attached hydrogens (tertiary/aromatic N) is 4. The number of rotatable bonds is 2. The zero-order chi connectivity index (χ0) is 19.3. The molecule has 2 aromatic rings. The van der Waals surface area contributed by atoms with Gasteiger partial charge in [-0.05, 0) is 50.3 Å². The lowest BCUT2D eigenvalue weighted by atomic mass is 9.88. The fourth-order valence-electron chi connectivity index (χ4n) is 4.98. The Morgan fingerprint density at radius 3 is 2.75 bits per heavy atom. The van der Waals surface area contributed by atoms with Crippen LogP contribution in [0.1, 0.15) is 42.5 Å². The molecule has 0 aliphatic carbocycles. The zero-order valence-electron chi connectivity index (χ0n) is 16.4. The van der Waals surface area contributed by atoms with Crippen molar-refractivity contribution in [2.24, 2.45) is 7.05 Å². The van der Waals surface area contributed by atoms with E-state index < -0.39 is 0 Å². The Bertz CT molecular complexity index is 892. The number of imidazole rings is 1. The quantitative estimate of drug-likeness (QED) is 0.857. The summed E-state index contributed by atoms with van der Waals surface area (Å²) in [5.41, 5.74) is 2.56. The van der Waals surface area contributed by atoms with Crippen LogP contribution in [-0.2, 0) is 11.8 Å². The van der Waals surface area contributed by atoms with Gasteiger partial charge in [-0.25, -0.2) is 4.98 Å². The summed E-state index contributed by atoms with van der Waals surface area (Å²) in [6.07, 6.45) is 4.62. The third-order valence-corrected chi connectivity index (χ3v) is 6.70. The molecule has 0 radical (unpaired) electrons. The molecule has 1 N–H and O–H groups in total. The van der Waals surface area contributed by atoms with Crippen LogP contribution in [0.3, 0.4) is 0 Å². The predicted molar refractivity (Wildman–Crippen MR) is 107 cm³/mol. The third kappa shape index (κ3) is 2.97. The number of aryl methyl sites for hydroxylation is 1. The van der Waals surface area contributed by atoms with Gasteiger partial charge in [-0.2, -0.15) is 0 Å². The first-order chi connectivity index (χ1) is 13.5. The monoisotopic (exact) mass is 384 g/mol. The number of aliphatic hydroxyl groups excluding tert-OH is 1. The highest BCUT2D eigenvalue weighted by Crippen LogP contribution is 2.36. The van der Waals surface area contributed by atoms with E-state index in [1.54, 1.807) is 0 Å². The van der Waals surface area contributed by atoms with Crippen LogP contribution in [0.15, 0.2) is 18.2 Å². The molecule has 5 rings (SSSR count). The number of aliphatic hydroxyl groups is 1. The molecule has 3 fully saturated rings. The van der Waals surface area contributed by atoms with Gasteiger partial charge < -0.3 is 24.2 Å². The van der Waals surface area contributed by atoms with Crippen LogP contribution in [-0.4, -0.2) is 70.0 Å². The molecule has 7 nitrogen and oxygen atoms in total. The molecule has 3 saturated heterocycles. The van der Waals surface area contributed by atoms with Crippen LogP contribution in [0, 0.1) is 0 Å². The van der Waals surface area contributed by atoms with E-state index in [4.69, 9.17) is 9.72 Å². The minimum absolute atomic E-state index is 0.0247. The summed E-state index contributed by atoms with van der Waals surface area (Å²) in [5, 5.41) is 9.83. The molecule has 7 heteroatoms. The number of likely N-dealkylation sites (tertiary alicyclic amines) is 1. The summed E-state index contributed by atoms with van der Waals surface area (Å²) >= 11 is 0. The van der Waals surface area contributed by atoms with Crippen LogP contribution in [0.25, 0.3) is 11.0 Å². The van der Waals surface area contributed by atoms with Gasteiger partial charge in [0, 0.05) is 45.4 Å². The van der Waals surface area contributed by atoms with Gasteiger partial charge >= 0.3 is 0 Å². The number of β-amino-alcohol motifs (C(OH)–C–C–N with tert-alkyl or cyclic N) is 1. The van der Waals surface area contributed by atoms with Crippen LogP contribution in [0.5, 0.6) is 0 Å².